The van der Waals surface area contributed by atoms with Crippen LogP contribution in [0, 0.1) is 0 Å². The van der Waals surface area contributed by atoms with Crippen molar-refractivity contribution in [3.05, 3.63) is 24.3 Å². The first-order valence-corrected chi connectivity index (χ1v) is 25.3. The molecule has 0 fully saturated rings. The molecule has 0 amide bonds. The number of hydrogen-bond acceptors (Lipinski definition) is 8. The van der Waals surface area contributed by atoms with Crippen LogP contribution in [0.1, 0.15) is 232 Å². The average molecular weight is 828 g/mol. The van der Waals surface area contributed by atoms with Crippen molar-refractivity contribution >= 4 is 19.8 Å². The first kappa shape index (κ1) is 55.5. The molecule has 0 aliphatic heterocycles. The molecule has 0 rings (SSSR count). The Kier molecular flexibility index (Phi) is 42.9. The molecular formula is C47H90NO8P. The Labute approximate surface area is 351 Å². The maximum atomic E-state index is 12.6. The van der Waals surface area contributed by atoms with Crippen LogP contribution in [-0.4, -0.2) is 49.3 Å². The molecule has 10 heteroatoms. The number of ether oxygens (including phenoxy) is 2. The Bertz CT molecular complexity index is 990. The van der Waals surface area contributed by atoms with Gasteiger partial charge in [-0.2, -0.15) is 0 Å². The topological polar surface area (TPSA) is 134 Å². The zero-order chi connectivity index (χ0) is 41.8. The SMILES string of the molecule is CCCCC/C=C\C/C=C\CCCCCCCCCCCC(=O)O[C@H](COC(=O)CCCCCCCCCCCCCCCCCCC)COP(=O)(O)OCCN. The third-order valence-electron chi connectivity index (χ3n) is 10.3. The highest BCUT2D eigenvalue weighted by Crippen LogP contribution is 2.43. The molecule has 2 atom stereocenters. The minimum Gasteiger partial charge on any atom is -0.462 e. The predicted molar refractivity (Wildman–Crippen MR) is 238 cm³/mol. The summed E-state index contributed by atoms with van der Waals surface area (Å²) in [6.45, 7) is 3.74. The lowest BCUT2D eigenvalue weighted by Crippen LogP contribution is -2.29. The molecule has 0 saturated heterocycles. The van der Waals surface area contributed by atoms with E-state index in [-0.39, 0.29) is 38.6 Å². The van der Waals surface area contributed by atoms with Crippen LogP contribution < -0.4 is 5.73 Å². The van der Waals surface area contributed by atoms with Gasteiger partial charge in [0.15, 0.2) is 6.10 Å². The number of hydrogen-bond donors (Lipinski definition) is 2. The second-order valence-corrected chi connectivity index (χ2v) is 17.4. The third-order valence-corrected chi connectivity index (χ3v) is 11.3. The lowest BCUT2D eigenvalue weighted by atomic mass is 10.0. The van der Waals surface area contributed by atoms with E-state index >= 15 is 0 Å². The Balaban J connectivity index is 4.07. The molecule has 3 N–H and O–H groups in total. The van der Waals surface area contributed by atoms with E-state index in [1.807, 2.05) is 0 Å². The number of nitrogens with two attached hydrogens (primary N) is 1. The molecule has 57 heavy (non-hydrogen) atoms. The van der Waals surface area contributed by atoms with Gasteiger partial charge in [0.2, 0.25) is 0 Å². The van der Waals surface area contributed by atoms with Gasteiger partial charge >= 0.3 is 19.8 Å². The van der Waals surface area contributed by atoms with E-state index in [1.165, 1.54) is 148 Å². The molecule has 0 radical (unpaired) electrons. The number of phosphoric acid groups is 1. The van der Waals surface area contributed by atoms with E-state index in [9.17, 15) is 19.0 Å². The Morgan fingerprint density at radius 3 is 1.37 bits per heavy atom. The van der Waals surface area contributed by atoms with Gasteiger partial charge < -0.3 is 20.1 Å². The Hall–Kier alpha value is -1.51. The van der Waals surface area contributed by atoms with Gasteiger partial charge in [0.05, 0.1) is 13.2 Å². The molecule has 0 spiro atoms. The standard InChI is InChI=1S/C47H90NO8P/c1-3-5-7-9-11-13-15-17-19-21-22-24-26-28-30-32-34-36-38-40-47(50)56-45(44-55-57(51,52)54-42-41-48)43-53-46(49)39-37-35-33-31-29-27-25-23-20-18-16-14-12-10-8-6-4-2/h11,13,17,19,45H,3-10,12,14-16,18,20-44,48H2,1-2H3,(H,51,52)/b13-11-,19-17-/t45-/m1/s1. The third kappa shape index (κ3) is 43.9. The predicted octanol–water partition coefficient (Wildman–Crippen LogP) is 13.9. The van der Waals surface area contributed by atoms with Crippen molar-refractivity contribution in [1.82, 2.24) is 0 Å². The molecule has 0 aromatic rings. The number of carbonyl (C=O) groups excluding carboxylic acids is 2. The molecule has 0 aliphatic rings. The highest BCUT2D eigenvalue weighted by molar-refractivity contribution is 7.47. The lowest BCUT2D eigenvalue weighted by molar-refractivity contribution is -0.161. The van der Waals surface area contributed by atoms with Crippen LogP contribution in [0.4, 0.5) is 0 Å². The normalized spacial score (nSPS) is 13.4. The maximum absolute atomic E-state index is 12.6. The van der Waals surface area contributed by atoms with Crippen LogP contribution in [-0.2, 0) is 32.7 Å². The van der Waals surface area contributed by atoms with Crippen molar-refractivity contribution in [2.75, 3.05) is 26.4 Å². The van der Waals surface area contributed by atoms with Crippen molar-refractivity contribution in [3.63, 3.8) is 0 Å². The monoisotopic (exact) mass is 828 g/mol. The summed E-state index contributed by atoms with van der Waals surface area (Å²) >= 11 is 0. The van der Waals surface area contributed by atoms with Crippen LogP contribution >= 0.6 is 7.82 Å². The zero-order valence-electron chi connectivity index (χ0n) is 37.1. The second kappa shape index (κ2) is 44.1. The highest BCUT2D eigenvalue weighted by Gasteiger charge is 2.26. The fourth-order valence-electron chi connectivity index (χ4n) is 6.78. The maximum Gasteiger partial charge on any atom is 0.472 e. The van der Waals surface area contributed by atoms with Crippen molar-refractivity contribution in [2.24, 2.45) is 5.73 Å². The summed E-state index contributed by atoms with van der Waals surface area (Å²) in [5.41, 5.74) is 5.36. The van der Waals surface area contributed by atoms with Gasteiger partial charge in [0.25, 0.3) is 0 Å². The van der Waals surface area contributed by atoms with E-state index in [0.29, 0.717) is 6.42 Å². The molecule has 1 unspecified atom stereocenters. The van der Waals surface area contributed by atoms with Crippen LogP contribution in [0.25, 0.3) is 0 Å². The summed E-state index contributed by atoms with van der Waals surface area (Å²) in [7, 11) is -4.38. The summed E-state index contributed by atoms with van der Waals surface area (Å²) in [6.07, 6.45) is 47.7. The number of unbranched alkanes of at least 4 members (excludes halogenated alkanes) is 28. The summed E-state index contributed by atoms with van der Waals surface area (Å²) in [6, 6.07) is 0. The molecule has 0 saturated carbocycles. The summed E-state index contributed by atoms with van der Waals surface area (Å²) in [4.78, 5) is 35.0. The van der Waals surface area contributed by atoms with Gasteiger partial charge in [0, 0.05) is 19.4 Å². The first-order valence-electron chi connectivity index (χ1n) is 23.8. The van der Waals surface area contributed by atoms with Crippen molar-refractivity contribution in [1.29, 1.82) is 0 Å². The van der Waals surface area contributed by atoms with E-state index in [4.69, 9.17) is 24.3 Å². The quantitative estimate of drug-likeness (QED) is 0.0266. The molecular weight excluding hydrogens is 737 g/mol. The molecule has 9 nitrogen and oxygen atoms in total. The first-order chi connectivity index (χ1) is 27.8. The summed E-state index contributed by atoms with van der Waals surface area (Å²) < 4.78 is 32.9. The van der Waals surface area contributed by atoms with Gasteiger partial charge in [-0.25, -0.2) is 4.57 Å². The van der Waals surface area contributed by atoms with Crippen LogP contribution in [0.15, 0.2) is 24.3 Å². The fraction of sp³-hybridized carbons (Fsp3) is 0.872. The van der Waals surface area contributed by atoms with Crippen LogP contribution in [0.2, 0.25) is 0 Å². The number of phosphoric ester groups is 1. The molecule has 0 aromatic heterocycles. The average Bonchev–Trinajstić information content (AvgIpc) is 3.20. The zero-order valence-corrected chi connectivity index (χ0v) is 38.0. The number of carbonyl (C=O) groups is 2. The number of rotatable bonds is 45. The van der Waals surface area contributed by atoms with Crippen molar-refractivity contribution in [3.8, 4) is 0 Å². The smallest absolute Gasteiger partial charge is 0.462 e. The molecule has 0 aromatic carbocycles. The minimum atomic E-state index is -4.38. The van der Waals surface area contributed by atoms with Gasteiger partial charge in [-0.1, -0.05) is 199 Å². The molecule has 0 heterocycles. The van der Waals surface area contributed by atoms with Gasteiger partial charge in [0.1, 0.15) is 6.61 Å². The highest BCUT2D eigenvalue weighted by atomic mass is 31.2. The second-order valence-electron chi connectivity index (χ2n) is 16.0. The summed E-state index contributed by atoms with van der Waals surface area (Å²) in [5, 5.41) is 0. The Morgan fingerprint density at radius 2 is 0.912 bits per heavy atom. The van der Waals surface area contributed by atoms with Gasteiger partial charge in [-0.15, -0.1) is 0 Å². The van der Waals surface area contributed by atoms with Crippen LogP contribution in [0.3, 0.4) is 0 Å². The number of esters is 2. The van der Waals surface area contributed by atoms with E-state index < -0.39 is 26.5 Å². The van der Waals surface area contributed by atoms with E-state index in [2.05, 4.69) is 38.2 Å². The Morgan fingerprint density at radius 1 is 0.526 bits per heavy atom. The summed E-state index contributed by atoms with van der Waals surface area (Å²) in [5.74, 6) is -0.822. The van der Waals surface area contributed by atoms with Crippen molar-refractivity contribution in [2.45, 2.75) is 238 Å². The largest absolute Gasteiger partial charge is 0.472 e. The molecule has 0 aliphatic carbocycles. The van der Waals surface area contributed by atoms with Gasteiger partial charge in [-0.3, -0.25) is 18.6 Å². The minimum absolute atomic E-state index is 0.0545. The molecule has 336 valence electrons. The number of allylic oxidation sites excluding steroid dienone is 4. The van der Waals surface area contributed by atoms with Crippen LogP contribution in [0.5, 0.6) is 0 Å². The van der Waals surface area contributed by atoms with E-state index in [1.54, 1.807) is 0 Å². The van der Waals surface area contributed by atoms with Crippen molar-refractivity contribution < 1.29 is 37.6 Å². The lowest BCUT2D eigenvalue weighted by Gasteiger charge is -2.19. The van der Waals surface area contributed by atoms with E-state index in [0.717, 1.165) is 51.4 Å². The fourth-order valence-corrected chi connectivity index (χ4v) is 7.55. The molecule has 0 bridgehead atoms. The van der Waals surface area contributed by atoms with Gasteiger partial charge in [-0.05, 0) is 44.9 Å².